The number of ether oxygens (including phenoxy) is 2. The van der Waals surface area contributed by atoms with Crippen molar-refractivity contribution in [3.8, 4) is 5.75 Å². The van der Waals surface area contributed by atoms with Crippen LogP contribution in [0, 0.1) is 13.8 Å². The van der Waals surface area contributed by atoms with Crippen LogP contribution in [0.15, 0.2) is 12.1 Å². The molecule has 0 radical (unpaired) electrons. The zero-order valence-electron chi connectivity index (χ0n) is 8.96. The van der Waals surface area contributed by atoms with Crippen molar-refractivity contribution in [2.24, 2.45) is 0 Å². The maximum absolute atomic E-state index is 5.78. The molecule has 78 valence electrons. The van der Waals surface area contributed by atoms with Crippen molar-refractivity contribution in [3.05, 3.63) is 23.3 Å². The van der Waals surface area contributed by atoms with E-state index in [-0.39, 0.29) is 0 Å². The maximum atomic E-state index is 5.78. The van der Waals surface area contributed by atoms with E-state index in [0.717, 1.165) is 22.6 Å². The van der Waals surface area contributed by atoms with E-state index in [0.29, 0.717) is 13.2 Å². The number of nitrogens with two attached hydrogens (primary N) is 1. The molecule has 0 aliphatic carbocycles. The van der Waals surface area contributed by atoms with Crippen LogP contribution in [0.5, 0.6) is 5.75 Å². The predicted octanol–water partition coefficient (Wildman–Crippen LogP) is 1.91. The summed E-state index contributed by atoms with van der Waals surface area (Å²) >= 11 is 0. The Balaban J connectivity index is 2.72. The summed E-state index contributed by atoms with van der Waals surface area (Å²) in [5, 5.41) is 0. The SMILES string of the molecule is COCCOc1cc(N)c(C)cc1C. The monoisotopic (exact) mass is 195 g/mol. The molecule has 0 bridgehead atoms. The van der Waals surface area contributed by atoms with Crippen molar-refractivity contribution < 1.29 is 9.47 Å². The van der Waals surface area contributed by atoms with Gasteiger partial charge in [-0.1, -0.05) is 6.07 Å². The largest absolute Gasteiger partial charge is 0.491 e. The number of benzene rings is 1. The number of hydrogen-bond acceptors (Lipinski definition) is 3. The van der Waals surface area contributed by atoms with E-state index in [9.17, 15) is 0 Å². The predicted molar refractivity (Wildman–Crippen MR) is 57.7 cm³/mol. The van der Waals surface area contributed by atoms with Crippen LogP contribution in [0.4, 0.5) is 5.69 Å². The number of methoxy groups -OCH3 is 1. The molecule has 0 saturated carbocycles. The van der Waals surface area contributed by atoms with Gasteiger partial charge in [-0.05, 0) is 25.0 Å². The van der Waals surface area contributed by atoms with Crippen molar-refractivity contribution in [1.82, 2.24) is 0 Å². The Morgan fingerprint density at radius 1 is 1.14 bits per heavy atom. The highest BCUT2D eigenvalue weighted by Crippen LogP contribution is 2.24. The maximum Gasteiger partial charge on any atom is 0.124 e. The summed E-state index contributed by atoms with van der Waals surface area (Å²) < 4.78 is 10.4. The van der Waals surface area contributed by atoms with Crippen LogP contribution in [0.2, 0.25) is 0 Å². The van der Waals surface area contributed by atoms with Gasteiger partial charge in [0.1, 0.15) is 12.4 Å². The van der Waals surface area contributed by atoms with E-state index >= 15 is 0 Å². The highest BCUT2D eigenvalue weighted by atomic mass is 16.5. The molecule has 3 nitrogen and oxygen atoms in total. The fourth-order valence-electron chi connectivity index (χ4n) is 1.24. The van der Waals surface area contributed by atoms with E-state index in [1.807, 2.05) is 26.0 Å². The van der Waals surface area contributed by atoms with Gasteiger partial charge in [-0.2, -0.15) is 0 Å². The third-order valence-corrected chi connectivity index (χ3v) is 2.11. The van der Waals surface area contributed by atoms with Crippen LogP contribution in [-0.2, 0) is 4.74 Å². The zero-order chi connectivity index (χ0) is 10.6. The summed E-state index contributed by atoms with van der Waals surface area (Å²) in [6.07, 6.45) is 0. The summed E-state index contributed by atoms with van der Waals surface area (Å²) in [6.45, 7) is 5.14. The van der Waals surface area contributed by atoms with Crippen LogP contribution in [0.25, 0.3) is 0 Å². The topological polar surface area (TPSA) is 44.5 Å². The third kappa shape index (κ3) is 2.64. The quantitative estimate of drug-likeness (QED) is 0.589. The summed E-state index contributed by atoms with van der Waals surface area (Å²) in [7, 11) is 1.65. The number of aryl methyl sites for hydroxylation is 2. The van der Waals surface area contributed by atoms with Gasteiger partial charge < -0.3 is 15.2 Å². The molecule has 0 amide bonds. The van der Waals surface area contributed by atoms with Gasteiger partial charge in [-0.25, -0.2) is 0 Å². The highest BCUT2D eigenvalue weighted by molar-refractivity contribution is 5.54. The first-order valence-corrected chi connectivity index (χ1v) is 4.63. The Bertz CT molecular complexity index is 310. The van der Waals surface area contributed by atoms with Crippen molar-refractivity contribution >= 4 is 5.69 Å². The molecule has 2 N–H and O–H groups in total. The third-order valence-electron chi connectivity index (χ3n) is 2.11. The molecule has 0 aliphatic rings. The van der Waals surface area contributed by atoms with E-state index in [1.54, 1.807) is 7.11 Å². The summed E-state index contributed by atoms with van der Waals surface area (Å²) in [5.41, 5.74) is 8.74. The Kier molecular flexibility index (Phi) is 3.77. The fourth-order valence-corrected chi connectivity index (χ4v) is 1.24. The van der Waals surface area contributed by atoms with E-state index < -0.39 is 0 Å². The minimum Gasteiger partial charge on any atom is -0.491 e. The minimum atomic E-state index is 0.555. The lowest BCUT2D eigenvalue weighted by molar-refractivity contribution is 0.146. The van der Waals surface area contributed by atoms with Crippen molar-refractivity contribution in [2.45, 2.75) is 13.8 Å². The Labute approximate surface area is 84.8 Å². The number of nitrogen functional groups attached to an aromatic ring is 1. The van der Waals surface area contributed by atoms with Crippen LogP contribution >= 0.6 is 0 Å². The van der Waals surface area contributed by atoms with Gasteiger partial charge in [0.05, 0.1) is 6.61 Å². The molecular weight excluding hydrogens is 178 g/mol. The second kappa shape index (κ2) is 4.86. The molecule has 0 aromatic heterocycles. The Morgan fingerprint density at radius 2 is 1.86 bits per heavy atom. The van der Waals surface area contributed by atoms with Gasteiger partial charge >= 0.3 is 0 Å². The summed E-state index contributed by atoms with van der Waals surface area (Å²) in [4.78, 5) is 0. The average molecular weight is 195 g/mol. The van der Waals surface area contributed by atoms with Gasteiger partial charge in [0, 0.05) is 18.9 Å². The second-order valence-electron chi connectivity index (χ2n) is 3.32. The molecule has 0 atom stereocenters. The van der Waals surface area contributed by atoms with E-state index in [2.05, 4.69) is 0 Å². The molecule has 0 heterocycles. The lowest BCUT2D eigenvalue weighted by Gasteiger charge is -2.10. The molecule has 0 fully saturated rings. The first kappa shape index (κ1) is 10.9. The molecule has 0 unspecified atom stereocenters. The van der Waals surface area contributed by atoms with Crippen molar-refractivity contribution in [1.29, 1.82) is 0 Å². The first-order chi connectivity index (χ1) is 6.65. The number of rotatable bonds is 4. The molecule has 0 spiro atoms. The van der Waals surface area contributed by atoms with Crippen LogP contribution < -0.4 is 10.5 Å². The number of hydrogen-bond donors (Lipinski definition) is 1. The molecule has 1 rings (SSSR count). The standard InChI is InChI=1S/C11H17NO2/c1-8-6-9(2)11(7-10(8)12)14-5-4-13-3/h6-7H,4-5,12H2,1-3H3. The molecule has 14 heavy (non-hydrogen) atoms. The Morgan fingerprint density at radius 3 is 2.50 bits per heavy atom. The summed E-state index contributed by atoms with van der Waals surface area (Å²) in [5.74, 6) is 0.838. The van der Waals surface area contributed by atoms with Crippen molar-refractivity contribution in [3.63, 3.8) is 0 Å². The fraction of sp³-hybridized carbons (Fsp3) is 0.455. The van der Waals surface area contributed by atoms with Gasteiger partial charge in [0.2, 0.25) is 0 Å². The van der Waals surface area contributed by atoms with Gasteiger partial charge in [0.15, 0.2) is 0 Å². The van der Waals surface area contributed by atoms with Crippen LogP contribution in [0.1, 0.15) is 11.1 Å². The molecule has 0 aliphatic heterocycles. The van der Waals surface area contributed by atoms with Crippen LogP contribution in [0.3, 0.4) is 0 Å². The smallest absolute Gasteiger partial charge is 0.124 e. The van der Waals surface area contributed by atoms with Gasteiger partial charge in [-0.3, -0.25) is 0 Å². The lowest BCUT2D eigenvalue weighted by Crippen LogP contribution is -2.06. The van der Waals surface area contributed by atoms with Crippen LogP contribution in [-0.4, -0.2) is 20.3 Å². The normalized spacial score (nSPS) is 10.2. The van der Waals surface area contributed by atoms with Gasteiger partial charge in [0.25, 0.3) is 0 Å². The number of anilines is 1. The summed E-state index contributed by atoms with van der Waals surface area (Å²) in [6, 6.07) is 3.89. The van der Waals surface area contributed by atoms with Gasteiger partial charge in [-0.15, -0.1) is 0 Å². The zero-order valence-corrected chi connectivity index (χ0v) is 8.96. The molecule has 1 aromatic carbocycles. The minimum absolute atomic E-state index is 0.555. The Hall–Kier alpha value is -1.22. The first-order valence-electron chi connectivity index (χ1n) is 4.63. The second-order valence-corrected chi connectivity index (χ2v) is 3.32. The van der Waals surface area contributed by atoms with Crippen molar-refractivity contribution in [2.75, 3.05) is 26.1 Å². The van der Waals surface area contributed by atoms with E-state index in [4.69, 9.17) is 15.2 Å². The average Bonchev–Trinajstić information content (AvgIpc) is 2.14. The van der Waals surface area contributed by atoms with E-state index in [1.165, 1.54) is 0 Å². The molecular formula is C11H17NO2. The highest BCUT2D eigenvalue weighted by Gasteiger charge is 2.02. The molecule has 1 aromatic rings. The lowest BCUT2D eigenvalue weighted by atomic mass is 10.1. The molecule has 3 heteroatoms. The molecule has 0 saturated heterocycles.